The van der Waals surface area contributed by atoms with E-state index in [0.29, 0.717) is 59.0 Å². The minimum absolute atomic E-state index is 0.0448. The summed E-state index contributed by atoms with van der Waals surface area (Å²) in [6.07, 6.45) is 2.30. The third-order valence-electron chi connectivity index (χ3n) is 8.65. The highest BCUT2D eigenvalue weighted by molar-refractivity contribution is 6.41. The number of nitrogens with one attached hydrogen (secondary N) is 1. The molecular weight excluding hydrogens is 657 g/mol. The van der Waals surface area contributed by atoms with Crippen LogP contribution in [0.25, 0.3) is 22.0 Å². The van der Waals surface area contributed by atoms with Crippen LogP contribution < -0.4 is 20.3 Å². The van der Waals surface area contributed by atoms with Crippen LogP contribution in [0.3, 0.4) is 0 Å². The van der Waals surface area contributed by atoms with Crippen molar-refractivity contribution in [1.29, 1.82) is 0 Å². The van der Waals surface area contributed by atoms with E-state index in [1.165, 1.54) is 14.2 Å². The van der Waals surface area contributed by atoms with Crippen molar-refractivity contribution in [2.45, 2.75) is 26.4 Å². The van der Waals surface area contributed by atoms with Gasteiger partial charge in [-0.1, -0.05) is 36.2 Å². The zero-order chi connectivity index (χ0) is 34.5. The number of ether oxygens (including phenoxy) is 2. The van der Waals surface area contributed by atoms with Crippen molar-refractivity contribution >= 4 is 51.3 Å². The number of methoxy groups -OCH3 is 2. The maximum atomic E-state index is 14.2. The summed E-state index contributed by atoms with van der Waals surface area (Å²) in [7, 11) is 6.89. The second kappa shape index (κ2) is 15.5. The molecule has 0 spiro atoms. The first kappa shape index (κ1) is 35.4. The van der Waals surface area contributed by atoms with Gasteiger partial charge in [-0.05, 0) is 51.3 Å². The first-order chi connectivity index (χ1) is 23.0. The first-order valence-corrected chi connectivity index (χ1v) is 16.6. The van der Waals surface area contributed by atoms with Crippen molar-refractivity contribution in [1.82, 2.24) is 24.3 Å². The molecule has 1 fully saturated rings. The number of nitro groups is 1. The average Bonchev–Trinajstić information content (AvgIpc) is 3.07. The van der Waals surface area contributed by atoms with Gasteiger partial charge in [0.1, 0.15) is 23.0 Å². The van der Waals surface area contributed by atoms with E-state index in [1.54, 1.807) is 41.1 Å². The fraction of sp³-hybridized carbons (Fsp3) is 0.412. The smallest absolute Gasteiger partial charge is 0.293 e. The molecule has 256 valence electrons. The quantitative estimate of drug-likeness (QED) is 0.129. The molecule has 14 heteroatoms. The van der Waals surface area contributed by atoms with E-state index >= 15 is 0 Å². The number of likely N-dealkylation sites (N-methyl/N-ethyl adjacent to an activating group) is 1. The topological polar surface area (TPSA) is 118 Å². The van der Waals surface area contributed by atoms with Crippen LogP contribution >= 0.6 is 23.2 Å². The number of hydrogen-bond acceptors (Lipinski definition) is 10. The summed E-state index contributed by atoms with van der Waals surface area (Å²) >= 11 is 13.5. The molecule has 0 amide bonds. The lowest BCUT2D eigenvalue weighted by Gasteiger charge is -2.34. The number of fused-ring (bicyclic) bond motifs is 1. The zero-order valence-electron chi connectivity index (χ0n) is 27.9. The largest absolute Gasteiger partial charge is 0.495 e. The van der Waals surface area contributed by atoms with Gasteiger partial charge in [0.15, 0.2) is 0 Å². The van der Waals surface area contributed by atoms with Crippen molar-refractivity contribution < 1.29 is 14.4 Å². The minimum atomic E-state index is -0.388. The third-order valence-corrected chi connectivity index (χ3v) is 9.40. The second-order valence-electron chi connectivity index (χ2n) is 12.0. The molecular formula is C34H41Cl2N7O5. The van der Waals surface area contributed by atoms with Crippen molar-refractivity contribution in [3.63, 3.8) is 0 Å². The molecule has 0 unspecified atom stereocenters. The van der Waals surface area contributed by atoms with E-state index in [1.807, 2.05) is 25.1 Å². The number of pyridine rings is 2. The molecule has 0 atom stereocenters. The standard InChI is InChI=1S/C34H41Cl2N7O5/c1-6-40-12-14-41(15-13-40)21-22-8-9-25(27(16-22)43(45)46)38-30-18-26-23(20-37-30)17-24(34(44)42(26)11-7-10-39(2)3)31-32(35)28(47-4)19-29(48-5)33(31)36/h8-9,16-20H,6-7,10-15,21H2,1-5H3,(H,37,38). The Labute approximate surface area is 289 Å². The van der Waals surface area contributed by atoms with Crippen molar-refractivity contribution in [2.24, 2.45) is 0 Å². The van der Waals surface area contributed by atoms with Gasteiger partial charge in [-0.15, -0.1) is 0 Å². The number of rotatable bonds is 13. The number of nitrogens with zero attached hydrogens (tertiary/aromatic N) is 6. The fourth-order valence-electron chi connectivity index (χ4n) is 6.00. The molecule has 2 aromatic heterocycles. The van der Waals surface area contributed by atoms with Crippen LogP contribution in [0.1, 0.15) is 18.9 Å². The number of aryl methyl sites for hydroxylation is 1. The van der Waals surface area contributed by atoms with Gasteiger partial charge >= 0.3 is 0 Å². The SMILES string of the molecule is CCN1CCN(Cc2ccc(Nc3cc4c(cn3)cc(-c3c(Cl)c(OC)cc(OC)c3Cl)c(=O)n4CCCN(C)C)c([N+](=O)[O-])c2)CC1. The van der Waals surface area contributed by atoms with Crippen molar-refractivity contribution in [2.75, 3.05) is 72.9 Å². The highest BCUT2D eigenvalue weighted by Crippen LogP contribution is 2.45. The Balaban J connectivity index is 1.53. The van der Waals surface area contributed by atoms with Gasteiger partial charge in [0.25, 0.3) is 11.2 Å². The number of anilines is 2. The molecule has 0 saturated carbocycles. The Morgan fingerprint density at radius 3 is 2.27 bits per heavy atom. The molecule has 3 heterocycles. The Morgan fingerprint density at radius 2 is 1.67 bits per heavy atom. The lowest BCUT2D eigenvalue weighted by Crippen LogP contribution is -2.45. The van der Waals surface area contributed by atoms with Crippen LogP contribution in [0.15, 0.2) is 47.4 Å². The van der Waals surface area contributed by atoms with Gasteiger partial charge in [-0.25, -0.2) is 4.98 Å². The van der Waals surface area contributed by atoms with Crippen LogP contribution in [0.5, 0.6) is 11.5 Å². The Kier molecular flexibility index (Phi) is 11.4. The molecule has 48 heavy (non-hydrogen) atoms. The number of piperazine rings is 1. The van der Waals surface area contributed by atoms with Crippen molar-refractivity contribution in [3.8, 4) is 22.6 Å². The van der Waals surface area contributed by atoms with Crippen LogP contribution in [-0.4, -0.2) is 96.8 Å². The minimum Gasteiger partial charge on any atom is -0.495 e. The van der Waals surface area contributed by atoms with Crippen LogP contribution in [0, 0.1) is 10.1 Å². The molecule has 1 N–H and O–H groups in total. The third kappa shape index (κ3) is 7.68. The molecule has 12 nitrogen and oxygen atoms in total. The summed E-state index contributed by atoms with van der Waals surface area (Å²) in [6, 6.07) is 10.2. The summed E-state index contributed by atoms with van der Waals surface area (Å²) in [4.78, 5) is 37.3. The van der Waals surface area contributed by atoms with E-state index in [2.05, 4.69) is 27.0 Å². The van der Waals surface area contributed by atoms with E-state index in [-0.39, 0.29) is 31.8 Å². The molecule has 2 aromatic carbocycles. The molecule has 1 aliphatic rings. The van der Waals surface area contributed by atoms with Gasteiger partial charge in [-0.3, -0.25) is 19.8 Å². The Bertz CT molecular complexity index is 1830. The number of benzene rings is 2. The monoisotopic (exact) mass is 697 g/mol. The molecule has 5 rings (SSSR count). The van der Waals surface area contributed by atoms with Gasteiger partial charge in [0.05, 0.1) is 40.3 Å². The molecule has 0 radical (unpaired) electrons. The highest BCUT2D eigenvalue weighted by atomic mass is 35.5. The van der Waals surface area contributed by atoms with Gasteiger partial charge in [-0.2, -0.15) is 0 Å². The summed E-state index contributed by atoms with van der Waals surface area (Å²) in [5.74, 6) is 0.994. The predicted molar refractivity (Wildman–Crippen MR) is 192 cm³/mol. The van der Waals surface area contributed by atoms with E-state index < -0.39 is 0 Å². The average molecular weight is 699 g/mol. The molecule has 0 aliphatic carbocycles. The van der Waals surface area contributed by atoms with E-state index in [9.17, 15) is 14.9 Å². The predicted octanol–water partition coefficient (Wildman–Crippen LogP) is 6.13. The normalized spacial score (nSPS) is 14.1. The fourth-order valence-corrected chi connectivity index (χ4v) is 6.71. The number of halogens is 2. The molecule has 0 bridgehead atoms. The molecule has 1 saturated heterocycles. The zero-order valence-corrected chi connectivity index (χ0v) is 29.4. The van der Waals surface area contributed by atoms with Crippen LogP contribution in [0.4, 0.5) is 17.2 Å². The number of nitro benzene ring substituents is 1. The van der Waals surface area contributed by atoms with Gasteiger partial charge < -0.3 is 29.2 Å². The summed E-state index contributed by atoms with van der Waals surface area (Å²) in [5, 5.41) is 16.3. The highest BCUT2D eigenvalue weighted by Gasteiger charge is 2.24. The maximum Gasteiger partial charge on any atom is 0.293 e. The summed E-state index contributed by atoms with van der Waals surface area (Å²) in [5.41, 5.74) is 2.00. The van der Waals surface area contributed by atoms with Gasteiger partial charge in [0.2, 0.25) is 0 Å². The Hall–Kier alpha value is -3.94. The second-order valence-corrected chi connectivity index (χ2v) is 12.8. The number of aromatic nitrogens is 2. The summed E-state index contributed by atoms with van der Waals surface area (Å²) in [6.45, 7) is 8.77. The van der Waals surface area contributed by atoms with Crippen LogP contribution in [0.2, 0.25) is 10.0 Å². The maximum absolute atomic E-state index is 14.2. The van der Waals surface area contributed by atoms with Gasteiger partial charge in [0, 0.05) is 74.6 Å². The lowest BCUT2D eigenvalue weighted by atomic mass is 10.0. The first-order valence-electron chi connectivity index (χ1n) is 15.8. The molecule has 1 aliphatic heterocycles. The van der Waals surface area contributed by atoms with E-state index in [4.69, 9.17) is 32.7 Å². The lowest BCUT2D eigenvalue weighted by molar-refractivity contribution is -0.384. The van der Waals surface area contributed by atoms with Crippen molar-refractivity contribution in [3.05, 3.63) is 78.7 Å². The van der Waals surface area contributed by atoms with Crippen LogP contribution in [-0.2, 0) is 13.1 Å². The van der Waals surface area contributed by atoms with E-state index in [0.717, 1.165) is 44.8 Å². The number of hydrogen-bond donors (Lipinski definition) is 1. The molecule has 4 aromatic rings. The Morgan fingerprint density at radius 1 is 1.00 bits per heavy atom. The summed E-state index contributed by atoms with van der Waals surface area (Å²) < 4.78 is 12.6.